The highest BCUT2D eigenvalue weighted by Gasteiger charge is 2.60. The fraction of sp³-hybridized carbons (Fsp3) is 0.130. The van der Waals surface area contributed by atoms with Crippen molar-refractivity contribution in [2.75, 3.05) is 9.96 Å². The van der Waals surface area contributed by atoms with Crippen molar-refractivity contribution >= 4 is 34.8 Å². The maximum atomic E-state index is 13.4. The Bertz CT molecular complexity index is 1060. The minimum absolute atomic E-state index is 0.269. The molecule has 0 aromatic heterocycles. The van der Waals surface area contributed by atoms with E-state index in [1.54, 1.807) is 29.3 Å². The zero-order valence-electron chi connectivity index (χ0n) is 15.3. The molecule has 6 heteroatoms. The topological polar surface area (TPSA) is 49.9 Å². The first-order chi connectivity index (χ1) is 14.1. The largest absolute Gasteiger partial charge is 0.273 e. The smallest absolute Gasteiger partial charge is 0.266 e. The minimum Gasteiger partial charge on any atom is -0.273 e. The van der Waals surface area contributed by atoms with E-state index in [0.717, 1.165) is 11.3 Å². The second kappa shape index (κ2) is 7.03. The first-order valence-electron chi connectivity index (χ1n) is 9.34. The molecule has 144 valence electrons. The number of anilines is 2. The summed E-state index contributed by atoms with van der Waals surface area (Å²) in [5, 5.41) is 2.24. The van der Waals surface area contributed by atoms with Gasteiger partial charge in [0, 0.05) is 5.02 Å². The summed E-state index contributed by atoms with van der Waals surface area (Å²) < 4.78 is 0. The summed E-state index contributed by atoms with van der Waals surface area (Å²) in [4.78, 5) is 33.9. The van der Waals surface area contributed by atoms with Crippen molar-refractivity contribution in [3.05, 3.63) is 95.5 Å². The highest BCUT2D eigenvalue weighted by Crippen LogP contribution is 2.47. The molecule has 5 rings (SSSR count). The average Bonchev–Trinajstić information content (AvgIpc) is 3.27. The van der Waals surface area contributed by atoms with E-state index in [1.807, 2.05) is 60.7 Å². The lowest BCUT2D eigenvalue weighted by Gasteiger charge is -2.28. The molecule has 29 heavy (non-hydrogen) atoms. The van der Waals surface area contributed by atoms with Crippen molar-refractivity contribution in [1.29, 1.82) is 0 Å². The standard InChI is InChI=1S/C23H17ClN2O3/c24-16-11-13-17(14-12-16)25-22(27)19-20(15-7-3-1-4-8-15)26(29-21(19)23(25)28)18-9-5-2-6-10-18/h1-14,19-21H/t19-,20-,21+/m1/s1. The number of imide groups is 1. The van der Waals surface area contributed by atoms with Crippen molar-refractivity contribution in [3.63, 3.8) is 0 Å². The van der Waals surface area contributed by atoms with Gasteiger partial charge in [0.2, 0.25) is 5.91 Å². The molecule has 0 radical (unpaired) electrons. The molecule has 2 fully saturated rings. The molecule has 2 amide bonds. The number of amides is 2. The fourth-order valence-electron chi connectivity index (χ4n) is 4.05. The zero-order chi connectivity index (χ0) is 20.0. The van der Waals surface area contributed by atoms with Gasteiger partial charge >= 0.3 is 0 Å². The van der Waals surface area contributed by atoms with Crippen LogP contribution >= 0.6 is 11.6 Å². The number of carbonyl (C=O) groups excluding carboxylic acids is 2. The third kappa shape index (κ3) is 2.90. The quantitative estimate of drug-likeness (QED) is 0.607. The molecule has 5 nitrogen and oxygen atoms in total. The molecule has 0 aliphatic carbocycles. The number of hydrogen-bond donors (Lipinski definition) is 0. The van der Waals surface area contributed by atoms with Gasteiger partial charge in [0.05, 0.1) is 17.4 Å². The maximum Gasteiger partial charge on any atom is 0.266 e. The molecule has 3 aromatic carbocycles. The van der Waals surface area contributed by atoms with Crippen LogP contribution in [0.2, 0.25) is 5.02 Å². The van der Waals surface area contributed by atoms with Gasteiger partial charge in [0.15, 0.2) is 6.10 Å². The van der Waals surface area contributed by atoms with Gasteiger partial charge in [0.1, 0.15) is 5.92 Å². The number of benzene rings is 3. The molecule has 0 N–H and O–H groups in total. The number of hydroxylamine groups is 1. The van der Waals surface area contributed by atoms with E-state index >= 15 is 0 Å². The summed E-state index contributed by atoms with van der Waals surface area (Å²) in [6, 6.07) is 25.5. The number of fused-ring (bicyclic) bond motifs is 1. The molecular weight excluding hydrogens is 388 g/mol. The third-order valence-electron chi connectivity index (χ3n) is 5.35. The van der Waals surface area contributed by atoms with Gasteiger partial charge in [-0.25, -0.2) is 9.96 Å². The minimum atomic E-state index is -0.872. The molecule has 0 saturated carbocycles. The second-order valence-corrected chi connectivity index (χ2v) is 7.49. The molecule has 2 heterocycles. The molecule has 0 unspecified atom stereocenters. The van der Waals surface area contributed by atoms with Crippen LogP contribution in [0.15, 0.2) is 84.9 Å². The lowest BCUT2D eigenvalue weighted by Crippen LogP contribution is -2.37. The predicted molar refractivity (Wildman–Crippen MR) is 110 cm³/mol. The Morgan fingerprint density at radius 1 is 0.724 bits per heavy atom. The number of halogens is 1. The van der Waals surface area contributed by atoms with Gasteiger partial charge in [-0.2, -0.15) is 0 Å². The molecule has 3 atom stereocenters. The number of carbonyl (C=O) groups is 2. The average molecular weight is 405 g/mol. The predicted octanol–water partition coefficient (Wildman–Crippen LogP) is 4.39. The van der Waals surface area contributed by atoms with E-state index in [9.17, 15) is 9.59 Å². The van der Waals surface area contributed by atoms with E-state index in [1.165, 1.54) is 4.90 Å². The van der Waals surface area contributed by atoms with Crippen LogP contribution in [0.5, 0.6) is 0 Å². The Morgan fingerprint density at radius 2 is 1.34 bits per heavy atom. The lowest BCUT2D eigenvalue weighted by atomic mass is 9.90. The van der Waals surface area contributed by atoms with Gasteiger partial charge in [-0.05, 0) is 42.0 Å². The van der Waals surface area contributed by atoms with Gasteiger partial charge < -0.3 is 0 Å². The van der Waals surface area contributed by atoms with Crippen molar-refractivity contribution in [3.8, 4) is 0 Å². The normalized spacial score (nSPS) is 23.6. The summed E-state index contributed by atoms with van der Waals surface area (Å²) in [6.07, 6.45) is -0.872. The first-order valence-corrected chi connectivity index (χ1v) is 9.72. The molecule has 0 bridgehead atoms. The van der Waals surface area contributed by atoms with Crippen molar-refractivity contribution in [2.45, 2.75) is 12.1 Å². The Labute approximate surface area is 173 Å². The maximum absolute atomic E-state index is 13.4. The summed E-state index contributed by atoms with van der Waals surface area (Å²) in [5.74, 6) is -1.27. The third-order valence-corrected chi connectivity index (χ3v) is 5.60. The Balaban J connectivity index is 1.58. The summed E-state index contributed by atoms with van der Waals surface area (Å²) in [6.45, 7) is 0. The van der Waals surface area contributed by atoms with Crippen molar-refractivity contribution < 1.29 is 14.4 Å². The molecule has 3 aromatic rings. The van der Waals surface area contributed by atoms with Gasteiger partial charge in [-0.15, -0.1) is 0 Å². The number of hydrogen-bond acceptors (Lipinski definition) is 4. The highest BCUT2D eigenvalue weighted by atomic mass is 35.5. The Kier molecular flexibility index (Phi) is 4.34. The van der Waals surface area contributed by atoms with Crippen molar-refractivity contribution in [2.24, 2.45) is 5.92 Å². The summed E-state index contributed by atoms with van der Waals surface area (Å²) >= 11 is 5.96. The monoisotopic (exact) mass is 404 g/mol. The van der Waals surface area contributed by atoms with Crippen LogP contribution in [-0.4, -0.2) is 17.9 Å². The van der Waals surface area contributed by atoms with Crippen LogP contribution < -0.4 is 9.96 Å². The number of para-hydroxylation sites is 1. The van der Waals surface area contributed by atoms with Gasteiger partial charge in [0.25, 0.3) is 5.91 Å². The fourth-order valence-corrected chi connectivity index (χ4v) is 4.17. The van der Waals surface area contributed by atoms with Crippen LogP contribution in [0.4, 0.5) is 11.4 Å². The van der Waals surface area contributed by atoms with Crippen LogP contribution in [0.1, 0.15) is 11.6 Å². The van der Waals surface area contributed by atoms with E-state index in [-0.39, 0.29) is 11.8 Å². The van der Waals surface area contributed by atoms with Gasteiger partial charge in [-0.3, -0.25) is 14.4 Å². The Morgan fingerprint density at radius 3 is 2.00 bits per heavy atom. The van der Waals surface area contributed by atoms with E-state index < -0.39 is 18.1 Å². The number of nitrogens with zero attached hydrogens (tertiary/aromatic N) is 2. The van der Waals surface area contributed by atoms with Crippen LogP contribution in [-0.2, 0) is 14.4 Å². The number of rotatable bonds is 3. The molecule has 2 aliphatic heterocycles. The highest BCUT2D eigenvalue weighted by molar-refractivity contribution is 6.31. The van der Waals surface area contributed by atoms with E-state index in [0.29, 0.717) is 10.7 Å². The van der Waals surface area contributed by atoms with E-state index in [2.05, 4.69) is 0 Å². The first kappa shape index (κ1) is 17.9. The van der Waals surface area contributed by atoms with Gasteiger partial charge in [-0.1, -0.05) is 60.1 Å². The van der Waals surface area contributed by atoms with Crippen LogP contribution in [0.25, 0.3) is 0 Å². The summed E-state index contributed by atoms with van der Waals surface area (Å²) in [5.41, 5.74) is 2.22. The molecule has 2 saturated heterocycles. The van der Waals surface area contributed by atoms with Crippen LogP contribution in [0, 0.1) is 5.92 Å². The van der Waals surface area contributed by atoms with Crippen LogP contribution in [0.3, 0.4) is 0 Å². The second-order valence-electron chi connectivity index (χ2n) is 7.06. The summed E-state index contributed by atoms with van der Waals surface area (Å²) in [7, 11) is 0. The Hall–Kier alpha value is -3.15. The lowest BCUT2D eigenvalue weighted by molar-refractivity contribution is -0.126. The zero-order valence-corrected chi connectivity index (χ0v) is 16.1. The van der Waals surface area contributed by atoms with E-state index in [4.69, 9.17) is 16.4 Å². The molecular formula is C23H17ClN2O3. The van der Waals surface area contributed by atoms with Crippen molar-refractivity contribution in [1.82, 2.24) is 0 Å². The molecule has 0 spiro atoms. The SMILES string of the molecule is O=C1[C@H]2[C@H](ON(c3ccccc3)[C@@H]2c2ccccc2)C(=O)N1c1ccc(Cl)cc1. The molecule has 2 aliphatic rings.